The predicted molar refractivity (Wildman–Crippen MR) is 90.7 cm³/mol. The van der Waals surface area contributed by atoms with E-state index in [9.17, 15) is 4.79 Å². The molecule has 1 aromatic carbocycles. The van der Waals surface area contributed by atoms with E-state index in [0.29, 0.717) is 17.7 Å². The van der Waals surface area contributed by atoms with Crippen LogP contribution < -0.4 is 5.32 Å². The van der Waals surface area contributed by atoms with Gasteiger partial charge in [0, 0.05) is 11.9 Å². The molecule has 1 N–H and O–H groups in total. The first-order valence-electron chi connectivity index (χ1n) is 7.90. The van der Waals surface area contributed by atoms with Crippen molar-refractivity contribution in [2.75, 3.05) is 5.88 Å². The molecule has 3 heteroatoms. The summed E-state index contributed by atoms with van der Waals surface area (Å²) >= 11 is 6.01. The fourth-order valence-electron chi connectivity index (χ4n) is 2.65. The van der Waals surface area contributed by atoms with Gasteiger partial charge in [-0.25, -0.2) is 0 Å². The summed E-state index contributed by atoms with van der Waals surface area (Å²) in [7, 11) is 0. The van der Waals surface area contributed by atoms with Crippen molar-refractivity contribution >= 4 is 17.5 Å². The van der Waals surface area contributed by atoms with Gasteiger partial charge in [0.05, 0.1) is 5.92 Å². The average Bonchev–Trinajstić information content (AvgIpc) is 2.47. The summed E-state index contributed by atoms with van der Waals surface area (Å²) in [5.41, 5.74) is 1.09. The number of rotatable bonds is 8. The van der Waals surface area contributed by atoms with Crippen molar-refractivity contribution in [1.29, 1.82) is 0 Å². The Bertz CT molecular complexity index is 418. The minimum absolute atomic E-state index is 0.0504. The summed E-state index contributed by atoms with van der Waals surface area (Å²) in [6.45, 7) is 8.56. The highest BCUT2D eigenvalue weighted by Crippen LogP contribution is 2.27. The number of amides is 1. The molecule has 0 saturated heterocycles. The molecule has 2 nitrogen and oxygen atoms in total. The highest BCUT2D eigenvalue weighted by atomic mass is 35.5. The van der Waals surface area contributed by atoms with Gasteiger partial charge in [0.2, 0.25) is 5.91 Å². The Labute approximate surface area is 134 Å². The number of carbonyl (C=O) groups is 1. The van der Waals surface area contributed by atoms with Crippen molar-refractivity contribution in [3.05, 3.63) is 35.9 Å². The molecule has 1 rings (SSSR count). The van der Waals surface area contributed by atoms with Crippen molar-refractivity contribution in [2.24, 2.45) is 11.8 Å². The first-order valence-corrected chi connectivity index (χ1v) is 8.44. The van der Waals surface area contributed by atoms with E-state index in [0.717, 1.165) is 18.4 Å². The van der Waals surface area contributed by atoms with Gasteiger partial charge in [-0.2, -0.15) is 0 Å². The largest absolute Gasteiger partial charge is 0.352 e. The van der Waals surface area contributed by atoms with Gasteiger partial charge in [-0.1, -0.05) is 64.4 Å². The lowest BCUT2D eigenvalue weighted by Gasteiger charge is -2.26. The van der Waals surface area contributed by atoms with Gasteiger partial charge in [-0.15, -0.1) is 11.6 Å². The molecule has 21 heavy (non-hydrogen) atoms. The van der Waals surface area contributed by atoms with Crippen LogP contribution in [0.3, 0.4) is 0 Å². The highest BCUT2D eigenvalue weighted by Gasteiger charge is 2.27. The molecule has 3 unspecified atom stereocenters. The second-order valence-corrected chi connectivity index (χ2v) is 6.57. The number of alkyl halides is 1. The van der Waals surface area contributed by atoms with E-state index in [1.165, 1.54) is 0 Å². The maximum atomic E-state index is 12.7. The third kappa shape index (κ3) is 5.70. The maximum absolute atomic E-state index is 12.7. The number of carbonyl (C=O) groups excluding carboxylic acids is 1. The minimum atomic E-state index is -0.103. The summed E-state index contributed by atoms with van der Waals surface area (Å²) in [4.78, 5) is 12.7. The van der Waals surface area contributed by atoms with Crippen LogP contribution in [0.2, 0.25) is 0 Å². The predicted octanol–water partition coefficient (Wildman–Crippen LogP) is 4.59. The third-order valence-electron chi connectivity index (χ3n) is 3.94. The van der Waals surface area contributed by atoms with Crippen LogP contribution >= 0.6 is 11.6 Å². The van der Waals surface area contributed by atoms with E-state index in [1.807, 2.05) is 30.3 Å². The van der Waals surface area contributed by atoms with Crippen LogP contribution in [0.5, 0.6) is 0 Å². The Morgan fingerprint density at radius 2 is 1.81 bits per heavy atom. The molecule has 0 spiro atoms. The van der Waals surface area contributed by atoms with Crippen LogP contribution in [0.15, 0.2) is 30.3 Å². The number of halogens is 1. The molecule has 0 fully saturated rings. The molecular weight excluding hydrogens is 282 g/mol. The summed E-state index contributed by atoms with van der Waals surface area (Å²) in [5, 5.41) is 3.14. The van der Waals surface area contributed by atoms with Crippen molar-refractivity contribution in [3.8, 4) is 0 Å². The lowest BCUT2D eigenvalue weighted by molar-refractivity contribution is -0.124. The molecule has 1 aromatic rings. The second kappa shape index (κ2) is 9.09. The first kappa shape index (κ1) is 18.0. The van der Waals surface area contributed by atoms with Crippen LogP contribution in [-0.2, 0) is 4.79 Å². The SMILES string of the molecule is CCC(C)C(C(=O)NC(CCl)CC(C)C)c1ccccc1. The molecule has 0 aromatic heterocycles. The molecule has 0 bridgehead atoms. The highest BCUT2D eigenvalue weighted by molar-refractivity contribution is 6.18. The zero-order valence-electron chi connectivity index (χ0n) is 13.6. The summed E-state index contributed by atoms with van der Waals surface area (Å²) in [6, 6.07) is 10.1. The molecule has 0 heterocycles. The molecule has 0 radical (unpaired) electrons. The Balaban J connectivity index is 2.86. The molecule has 0 saturated carbocycles. The van der Waals surface area contributed by atoms with E-state index >= 15 is 0 Å². The van der Waals surface area contributed by atoms with Crippen molar-refractivity contribution in [1.82, 2.24) is 5.32 Å². The Hall–Kier alpha value is -1.02. The Morgan fingerprint density at radius 1 is 1.19 bits per heavy atom. The number of benzene rings is 1. The van der Waals surface area contributed by atoms with Gasteiger partial charge in [0.25, 0.3) is 0 Å². The molecule has 0 aliphatic carbocycles. The lowest BCUT2D eigenvalue weighted by atomic mass is 9.84. The monoisotopic (exact) mass is 309 g/mol. The molecule has 0 aliphatic rings. The third-order valence-corrected chi connectivity index (χ3v) is 4.32. The molecule has 3 atom stereocenters. The van der Waals surface area contributed by atoms with Crippen LogP contribution in [-0.4, -0.2) is 17.8 Å². The van der Waals surface area contributed by atoms with Crippen molar-refractivity contribution in [2.45, 2.75) is 52.5 Å². The van der Waals surface area contributed by atoms with E-state index in [-0.39, 0.29) is 17.9 Å². The van der Waals surface area contributed by atoms with Crippen LogP contribution in [0.4, 0.5) is 0 Å². The van der Waals surface area contributed by atoms with E-state index in [1.54, 1.807) is 0 Å². The summed E-state index contributed by atoms with van der Waals surface area (Å²) in [6.07, 6.45) is 1.89. The Morgan fingerprint density at radius 3 is 2.29 bits per heavy atom. The summed E-state index contributed by atoms with van der Waals surface area (Å²) < 4.78 is 0. The standard InChI is InChI=1S/C18H28ClNO/c1-5-14(4)17(15-9-7-6-8-10-15)18(21)20-16(12-19)11-13(2)3/h6-10,13-14,16-17H,5,11-12H2,1-4H3,(H,20,21). The van der Waals surface area contributed by atoms with Gasteiger partial charge in [-0.3, -0.25) is 4.79 Å². The van der Waals surface area contributed by atoms with Crippen molar-refractivity contribution in [3.63, 3.8) is 0 Å². The van der Waals surface area contributed by atoms with Gasteiger partial charge < -0.3 is 5.32 Å². The minimum Gasteiger partial charge on any atom is -0.352 e. The normalized spacial score (nSPS) is 15.5. The molecule has 1 amide bonds. The number of nitrogens with one attached hydrogen (secondary N) is 1. The van der Waals surface area contributed by atoms with E-state index < -0.39 is 0 Å². The quantitative estimate of drug-likeness (QED) is 0.699. The van der Waals surface area contributed by atoms with Gasteiger partial charge in [0.15, 0.2) is 0 Å². The fraction of sp³-hybridized carbons (Fsp3) is 0.611. The van der Waals surface area contributed by atoms with Crippen molar-refractivity contribution < 1.29 is 4.79 Å². The first-order chi connectivity index (χ1) is 9.99. The topological polar surface area (TPSA) is 29.1 Å². The molecular formula is C18H28ClNO. The van der Waals surface area contributed by atoms with E-state index in [4.69, 9.17) is 11.6 Å². The van der Waals surface area contributed by atoms with Crippen LogP contribution in [0.25, 0.3) is 0 Å². The number of hydrogen-bond donors (Lipinski definition) is 1. The molecule has 118 valence electrons. The maximum Gasteiger partial charge on any atom is 0.228 e. The van der Waals surface area contributed by atoms with Crippen LogP contribution in [0, 0.1) is 11.8 Å². The smallest absolute Gasteiger partial charge is 0.228 e. The summed E-state index contributed by atoms with van der Waals surface area (Å²) in [5.74, 6) is 1.29. The second-order valence-electron chi connectivity index (χ2n) is 6.26. The fourth-order valence-corrected chi connectivity index (χ4v) is 2.86. The van der Waals surface area contributed by atoms with Crippen LogP contribution in [0.1, 0.15) is 52.0 Å². The average molecular weight is 310 g/mol. The zero-order valence-corrected chi connectivity index (χ0v) is 14.4. The van der Waals surface area contributed by atoms with Gasteiger partial charge in [0.1, 0.15) is 0 Å². The number of hydrogen-bond acceptors (Lipinski definition) is 1. The van der Waals surface area contributed by atoms with Gasteiger partial charge >= 0.3 is 0 Å². The Kier molecular flexibility index (Phi) is 7.81. The van der Waals surface area contributed by atoms with Gasteiger partial charge in [-0.05, 0) is 23.8 Å². The van der Waals surface area contributed by atoms with E-state index in [2.05, 4.69) is 33.0 Å². The zero-order chi connectivity index (χ0) is 15.8. The molecule has 0 aliphatic heterocycles. The lowest BCUT2D eigenvalue weighted by Crippen LogP contribution is -2.41.